The van der Waals surface area contributed by atoms with E-state index in [-0.39, 0.29) is 10.5 Å². The van der Waals surface area contributed by atoms with Crippen LogP contribution in [-0.2, 0) is 27.3 Å². The van der Waals surface area contributed by atoms with Crippen LogP contribution in [0.3, 0.4) is 0 Å². The van der Waals surface area contributed by atoms with Crippen LogP contribution < -0.4 is 9.47 Å². The third kappa shape index (κ3) is 6.85. The van der Waals surface area contributed by atoms with Crippen molar-refractivity contribution in [2.45, 2.75) is 103 Å². The Morgan fingerprint density at radius 3 is 2.26 bits per heavy atom. The molecule has 4 rings (SSSR count). The van der Waals surface area contributed by atoms with Gasteiger partial charge in [-0.1, -0.05) is 48.0 Å². The van der Waals surface area contributed by atoms with E-state index in [2.05, 4.69) is 39.8 Å². The van der Waals surface area contributed by atoms with Crippen LogP contribution in [0.1, 0.15) is 79.8 Å². The number of hydrogen-bond donors (Lipinski definition) is 0. The summed E-state index contributed by atoms with van der Waals surface area (Å²) in [7, 11) is -3.83. The van der Waals surface area contributed by atoms with Gasteiger partial charge in [-0.15, -0.1) is 0 Å². The third-order valence-electron chi connectivity index (χ3n) is 7.92. The van der Waals surface area contributed by atoms with Crippen molar-refractivity contribution in [2.75, 3.05) is 0 Å². The molecule has 3 aromatic rings. The molecule has 0 N–H and O–H groups in total. The van der Waals surface area contributed by atoms with Gasteiger partial charge in [0.25, 0.3) is 10.1 Å². The van der Waals surface area contributed by atoms with Gasteiger partial charge in [0.05, 0.1) is 10.5 Å². The molecule has 1 aliphatic rings. The Hall–Kier alpha value is -2.83. The zero-order valence-corrected chi connectivity index (χ0v) is 25.2. The zero-order valence-electron chi connectivity index (χ0n) is 24.4. The molecular weight excluding hydrogens is 508 g/mol. The molecule has 0 saturated heterocycles. The van der Waals surface area contributed by atoms with Gasteiger partial charge in [0.15, 0.2) is 0 Å². The topological polar surface area (TPSA) is 61.8 Å². The van der Waals surface area contributed by atoms with Crippen molar-refractivity contribution in [3.63, 3.8) is 0 Å². The lowest BCUT2D eigenvalue weighted by Gasteiger charge is -2.39. The summed E-state index contributed by atoms with van der Waals surface area (Å²) < 4.78 is 44.3. The average molecular weight is 551 g/mol. The normalized spacial score (nSPS) is 17.4. The van der Waals surface area contributed by atoms with E-state index in [1.165, 1.54) is 5.56 Å². The summed E-state index contributed by atoms with van der Waals surface area (Å²) in [5.41, 5.74) is 5.63. The smallest absolute Gasteiger partial charge is 0.297 e. The van der Waals surface area contributed by atoms with Crippen LogP contribution in [0, 0.1) is 27.7 Å². The monoisotopic (exact) mass is 550 g/mol. The molecule has 0 aliphatic carbocycles. The van der Waals surface area contributed by atoms with Crippen molar-refractivity contribution in [3.8, 4) is 11.5 Å². The molecule has 0 radical (unpaired) electrons. The SMILES string of the molecule is Cc1ccc(S(=O)(=O)OC(C)(C)CCCC2(C)CCc3c(C)c(OCc4ccccc4)c(C)c(C)c3O2)cc1. The largest absolute Gasteiger partial charge is 0.488 e. The van der Waals surface area contributed by atoms with Crippen LogP contribution in [-0.4, -0.2) is 19.6 Å². The first-order valence-electron chi connectivity index (χ1n) is 13.8. The maximum atomic E-state index is 12.8. The predicted octanol–water partition coefficient (Wildman–Crippen LogP) is 7.94. The van der Waals surface area contributed by atoms with E-state index < -0.39 is 15.7 Å². The fourth-order valence-corrected chi connectivity index (χ4v) is 6.63. The summed E-state index contributed by atoms with van der Waals surface area (Å²) >= 11 is 0. The van der Waals surface area contributed by atoms with E-state index in [1.807, 2.05) is 39.0 Å². The lowest BCUT2D eigenvalue weighted by atomic mass is 9.84. The predicted molar refractivity (Wildman–Crippen MR) is 156 cm³/mol. The molecule has 6 heteroatoms. The van der Waals surface area contributed by atoms with Crippen molar-refractivity contribution in [2.24, 2.45) is 0 Å². The van der Waals surface area contributed by atoms with Crippen LogP contribution in [0.5, 0.6) is 11.5 Å². The zero-order chi connectivity index (χ0) is 28.4. The molecule has 1 aliphatic heterocycles. The minimum Gasteiger partial charge on any atom is -0.488 e. The molecular formula is C33H42O5S. The van der Waals surface area contributed by atoms with E-state index in [4.69, 9.17) is 13.7 Å². The lowest BCUT2D eigenvalue weighted by molar-refractivity contribution is 0.0415. The Labute approximate surface area is 234 Å². The van der Waals surface area contributed by atoms with E-state index >= 15 is 0 Å². The maximum Gasteiger partial charge on any atom is 0.297 e. The number of hydrogen-bond acceptors (Lipinski definition) is 5. The highest BCUT2D eigenvalue weighted by molar-refractivity contribution is 7.86. The molecule has 3 aromatic carbocycles. The minimum absolute atomic E-state index is 0.189. The van der Waals surface area contributed by atoms with Gasteiger partial charge in [-0.2, -0.15) is 8.42 Å². The second-order valence-electron chi connectivity index (χ2n) is 11.8. The Kier molecular flexibility index (Phi) is 8.48. The second-order valence-corrected chi connectivity index (χ2v) is 13.3. The molecule has 0 amide bonds. The molecule has 5 nitrogen and oxygen atoms in total. The molecule has 210 valence electrons. The Bertz CT molecular complexity index is 1410. The molecule has 0 bridgehead atoms. The van der Waals surface area contributed by atoms with Crippen LogP contribution in [0.25, 0.3) is 0 Å². The van der Waals surface area contributed by atoms with Gasteiger partial charge < -0.3 is 9.47 Å². The fourth-order valence-electron chi connectivity index (χ4n) is 5.38. The molecule has 0 aromatic heterocycles. The van der Waals surface area contributed by atoms with Gasteiger partial charge in [0.1, 0.15) is 23.7 Å². The Balaban J connectivity index is 1.41. The number of rotatable bonds is 10. The summed E-state index contributed by atoms with van der Waals surface area (Å²) in [6.07, 6.45) is 4.02. The highest BCUT2D eigenvalue weighted by Gasteiger charge is 2.36. The molecule has 0 spiro atoms. The van der Waals surface area contributed by atoms with Crippen molar-refractivity contribution >= 4 is 10.1 Å². The van der Waals surface area contributed by atoms with Gasteiger partial charge in [0.2, 0.25) is 0 Å². The number of aryl methyl sites for hydroxylation is 1. The number of benzene rings is 3. The van der Waals surface area contributed by atoms with Crippen molar-refractivity contribution in [3.05, 3.63) is 88.0 Å². The molecule has 0 fully saturated rings. The van der Waals surface area contributed by atoms with Gasteiger partial charge in [-0.05, 0) is 115 Å². The third-order valence-corrected chi connectivity index (χ3v) is 9.44. The van der Waals surface area contributed by atoms with Gasteiger partial charge in [-0.25, -0.2) is 0 Å². The molecule has 0 saturated carbocycles. The van der Waals surface area contributed by atoms with E-state index in [0.717, 1.165) is 65.0 Å². The Morgan fingerprint density at radius 2 is 1.59 bits per heavy atom. The fraction of sp³-hybridized carbons (Fsp3) is 0.455. The molecule has 1 unspecified atom stereocenters. The van der Waals surface area contributed by atoms with Crippen LogP contribution in [0.15, 0.2) is 59.5 Å². The van der Waals surface area contributed by atoms with Gasteiger partial charge >= 0.3 is 0 Å². The summed E-state index contributed by atoms with van der Waals surface area (Å²) in [5, 5.41) is 0. The van der Waals surface area contributed by atoms with Crippen LogP contribution in [0.4, 0.5) is 0 Å². The van der Waals surface area contributed by atoms with E-state index in [1.54, 1.807) is 24.3 Å². The maximum absolute atomic E-state index is 12.8. The first-order valence-corrected chi connectivity index (χ1v) is 15.2. The lowest BCUT2D eigenvalue weighted by Crippen LogP contribution is -2.38. The molecule has 39 heavy (non-hydrogen) atoms. The highest BCUT2D eigenvalue weighted by atomic mass is 32.2. The minimum atomic E-state index is -3.83. The summed E-state index contributed by atoms with van der Waals surface area (Å²) in [4.78, 5) is 0.189. The first-order chi connectivity index (χ1) is 18.3. The summed E-state index contributed by atoms with van der Waals surface area (Å²) in [5.74, 6) is 1.93. The highest BCUT2D eigenvalue weighted by Crippen LogP contribution is 2.45. The van der Waals surface area contributed by atoms with Gasteiger partial charge in [-0.3, -0.25) is 4.18 Å². The quantitative estimate of drug-likeness (QED) is 0.240. The first kappa shape index (κ1) is 29.2. The molecule has 1 atom stereocenters. The molecule has 1 heterocycles. The van der Waals surface area contributed by atoms with Crippen molar-refractivity contribution in [1.82, 2.24) is 0 Å². The Morgan fingerprint density at radius 1 is 0.923 bits per heavy atom. The number of ether oxygens (including phenoxy) is 2. The van der Waals surface area contributed by atoms with Crippen LogP contribution in [0.2, 0.25) is 0 Å². The van der Waals surface area contributed by atoms with Crippen molar-refractivity contribution in [1.29, 1.82) is 0 Å². The second kappa shape index (κ2) is 11.3. The van der Waals surface area contributed by atoms with Crippen LogP contribution >= 0.6 is 0 Å². The van der Waals surface area contributed by atoms with Crippen molar-refractivity contribution < 1.29 is 22.1 Å². The van der Waals surface area contributed by atoms with E-state index in [0.29, 0.717) is 13.0 Å². The average Bonchev–Trinajstić information content (AvgIpc) is 2.87. The van der Waals surface area contributed by atoms with E-state index in [9.17, 15) is 8.42 Å². The van der Waals surface area contributed by atoms with Gasteiger partial charge in [0, 0.05) is 5.56 Å². The summed E-state index contributed by atoms with van der Waals surface area (Å²) in [6, 6.07) is 17.0. The number of fused-ring (bicyclic) bond motifs is 1. The summed E-state index contributed by atoms with van der Waals surface area (Å²) in [6.45, 7) is 14.7. The standard InChI is InChI=1S/C33H42O5S/c1-23-14-16-28(17-15-23)39(34,35)38-32(5,6)19-11-20-33(7)21-18-29-26(4)30(24(2)25(3)31(29)37-33)36-22-27-12-9-8-10-13-27/h8-10,12-17H,11,18-22H2,1-7H3.